The average Bonchev–Trinajstić information content (AvgIpc) is 2.80. The summed E-state index contributed by atoms with van der Waals surface area (Å²) in [6.45, 7) is 5.22. The van der Waals surface area contributed by atoms with E-state index in [9.17, 15) is 9.90 Å². The molecule has 20 heavy (non-hydrogen) atoms. The summed E-state index contributed by atoms with van der Waals surface area (Å²) in [5.41, 5.74) is 1.14. The number of anilines is 1. The van der Waals surface area contributed by atoms with Crippen molar-refractivity contribution in [2.45, 2.75) is 32.9 Å². The van der Waals surface area contributed by atoms with Gasteiger partial charge in [0.15, 0.2) is 0 Å². The molecule has 0 atom stereocenters. The van der Waals surface area contributed by atoms with Crippen LogP contribution in [0.2, 0.25) is 0 Å². The van der Waals surface area contributed by atoms with Crippen LogP contribution in [0.5, 0.6) is 0 Å². The van der Waals surface area contributed by atoms with E-state index in [1.807, 2.05) is 31.2 Å². The van der Waals surface area contributed by atoms with Gasteiger partial charge in [-0.05, 0) is 32.4 Å². The minimum Gasteiger partial charge on any atom is -0.384 e. The Balaban J connectivity index is 2.02. The van der Waals surface area contributed by atoms with Crippen molar-refractivity contribution in [1.82, 2.24) is 15.0 Å². The SMILES string of the molecule is Cc1ccccc1NC(=O)Cn1cc(C(C)(C)O)nn1. The summed E-state index contributed by atoms with van der Waals surface area (Å²) in [4.78, 5) is 11.9. The highest BCUT2D eigenvalue weighted by atomic mass is 16.3. The predicted molar refractivity (Wildman–Crippen MR) is 75.1 cm³/mol. The number of nitrogens with one attached hydrogen (secondary N) is 1. The maximum atomic E-state index is 11.9. The standard InChI is InChI=1S/C14H18N4O2/c1-10-6-4-5-7-11(10)15-13(19)9-18-8-12(16-17-18)14(2,3)20/h4-8,20H,9H2,1-3H3,(H,15,19). The summed E-state index contributed by atoms with van der Waals surface area (Å²) >= 11 is 0. The fourth-order valence-electron chi connectivity index (χ4n) is 1.71. The first-order chi connectivity index (χ1) is 9.36. The molecule has 0 aliphatic heterocycles. The van der Waals surface area contributed by atoms with Gasteiger partial charge in [-0.3, -0.25) is 4.79 Å². The van der Waals surface area contributed by atoms with Crippen LogP contribution in [0.1, 0.15) is 25.1 Å². The number of nitrogens with zero attached hydrogens (tertiary/aromatic N) is 3. The molecule has 1 heterocycles. The summed E-state index contributed by atoms with van der Waals surface area (Å²) in [5.74, 6) is -0.188. The van der Waals surface area contributed by atoms with Gasteiger partial charge in [-0.1, -0.05) is 23.4 Å². The molecule has 0 spiro atoms. The summed E-state index contributed by atoms with van der Waals surface area (Å²) in [6, 6.07) is 7.55. The van der Waals surface area contributed by atoms with Crippen LogP contribution in [0.3, 0.4) is 0 Å². The van der Waals surface area contributed by atoms with Gasteiger partial charge in [-0.25, -0.2) is 4.68 Å². The second kappa shape index (κ2) is 5.42. The van der Waals surface area contributed by atoms with Crippen LogP contribution < -0.4 is 5.32 Å². The largest absolute Gasteiger partial charge is 0.384 e. The summed E-state index contributed by atoms with van der Waals surface area (Å²) in [5, 5.41) is 20.3. The van der Waals surface area contributed by atoms with Crippen LogP contribution in [0, 0.1) is 6.92 Å². The van der Waals surface area contributed by atoms with Gasteiger partial charge in [-0.2, -0.15) is 0 Å². The van der Waals surface area contributed by atoms with Gasteiger partial charge in [-0.15, -0.1) is 5.10 Å². The molecule has 6 heteroatoms. The minimum atomic E-state index is -1.06. The molecule has 0 saturated heterocycles. The van der Waals surface area contributed by atoms with Crippen LogP contribution in [0.4, 0.5) is 5.69 Å². The first-order valence-electron chi connectivity index (χ1n) is 6.35. The fourth-order valence-corrected chi connectivity index (χ4v) is 1.71. The van der Waals surface area contributed by atoms with Gasteiger partial charge in [0, 0.05) is 5.69 Å². The smallest absolute Gasteiger partial charge is 0.246 e. The molecular weight excluding hydrogens is 256 g/mol. The Labute approximate surface area is 117 Å². The second-order valence-electron chi connectivity index (χ2n) is 5.22. The zero-order chi connectivity index (χ0) is 14.8. The number of aromatic nitrogens is 3. The van der Waals surface area contributed by atoms with Crippen molar-refractivity contribution < 1.29 is 9.90 Å². The van der Waals surface area contributed by atoms with Crippen molar-refractivity contribution >= 4 is 11.6 Å². The third-order valence-electron chi connectivity index (χ3n) is 2.89. The fraction of sp³-hybridized carbons (Fsp3) is 0.357. The van der Waals surface area contributed by atoms with Crippen molar-refractivity contribution in [2.75, 3.05) is 5.32 Å². The van der Waals surface area contributed by atoms with E-state index >= 15 is 0 Å². The molecule has 2 rings (SSSR count). The number of hydrogen-bond acceptors (Lipinski definition) is 4. The van der Waals surface area contributed by atoms with Crippen LogP contribution in [0.15, 0.2) is 30.5 Å². The first kappa shape index (κ1) is 14.2. The molecule has 0 fully saturated rings. The molecule has 1 aromatic carbocycles. The number of benzene rings is 1. The van der Waals surface area contributed by atoms with E-state index in [0.717, 1.165) is 11.3 Å². The zero-order valence-electron chi connectivity index (χ0n) is 11.8. The lowest BCUT2D eigenvalue weighted by Crippen LogP contribution is -2.20. The number of carbonyl (C=O) groups excluding carboxylic acids is 1. The van der Waals surface area contributed by atoms with Gasteiger partial charge >= 0.3 is 0 Å². The first-order valence-corrected chi connectivity index (χ1v) is 6.35. The molecule has 106 valence electrons. The van der Waals surface area contributed by atoms with Crippen LogP contribution in [-0.4, -0.2) is 26.0 Å². The molecule has 2 aromatic rings. The van der Waals surface area contributed by atoms with Gasteiger partial charge in [0.05, 0.1) is 6.20 Å². The normalized spacial score (nSPS) is 11.4. The quantitative estimate of drug-likeness (QED) is 0.884. The Morgan fingerprint density at radius 2 is 2.10 bits per heavy atom. The van der Waals surface area contributed by atoms with Crippen molar-refractivity contribution in [2.24, 2.45) is 0 Å². The van der Waals surface area contributed by atoms with E-state index in [1.54, 1.807) is 20.0 Å². The van der Waals surface area contributed by atoms with Gasteiger partial charge < -0.3 is 10.4 Å². The maximum absolute atomic E-state index is 11.9. The molecule has 0 saturated carbocycles. The highest BCUT2D eigenvalue weighted by Crippen LogP contribution is 2.16. The second-order valence-corrected chi connectivity index (χ2v) is 5.22. The van der Waals surface area contributed by atoms with Crippen molar-refractivity contribution in [1.29, 1.82) is 0 Å². The van der Waals surface area contributed by atoms with Crippen LogP contribution in [-0.2, 0) is 16.9 Å². The molecule has 0 aliphatic rings. The van der Waals surface area contributed by atoms with E-state index in [0.29, 0.717) is 5.69 Å². The number of amides is 1. The number of carbonyl (C=O) groups is 1. The molecule has 6 nitrogen and oxygen atoms in total. The Morgan fingerprint density at radius 1 is 1.40 bits per heavy atom. The van der Waals surface area contributed by atoms with Crippen LogP contribution in [0.25, 0.3) is 0 Å². The molecule has 1 amide bonds. The Kier molecular flexibility index (Phi) is 3.85. The zero-order valence-corrected chi connectivity index (χ0v) is 11.8. The number of para-hydroxylation sites is 1. The number of aliphatic hydroxyl groups is 1. The molecule has 0 radical (unpaired) electrons. The van der Waals surface area contributed by atoms with E-state index in [-0.39, 0.29) is 12.5 Å². The molecule has 0 bridgehead atoms. The summed E-state index contributed by atoms with van der Waals surface area (Å²) in [6.07, 6.45) is 1.57. The Hall–Kier alpha value is -2.21. The van der Waals surface area contributed by atoms with E-state index in [1.165, 1.54) is 4.68 Å². The van der Waals surface area contributed by atoms with Gasteiger partial charge in [0.2, 0.25) is 5.91 Å². The molecule has 1 aromatic heterocycles. The molecular formula is C14H18N4O2. The highest BCUT2D eigenvalue weighted by Gasteiger charge is 2.20. The average molecular weight is 274 g/mol. The predicted octanol–water partition coefficient (Wildman–Crippen LogP) is 1.45. The van der Waals surface area contributed by atoms with Gasteiger partial charge in [0.1, 0.15) is 17.8 Å². The van der Waals surface area contributed by atoms with E-state index < -0.39 is 5.60 Å². The Morgan fingerprint density at radius 3 is 2.70 bits per heavy atom. The van der Waals surface area contributed by atoms with Crippen molar-refractivity contribution in [3.05, 3.63) is 41.7 Å². The summed E-state index contributed by atoms with van der Waals surface area (Å²) < 4.78 is 1.40. The number of hydrogen-bond donors (Lipinski definition) is 2. The monoisotopic (exact) mass is 274 g/mol. The van der Waals surface area contributed by atoms with Crippen LogP contribution >= 0.6 is 0 Å². The highest BCUT2D eigenvalue weighted by molar-refractivity contribution is 5.91. The maximum Gasteiger partial charge on any atom is 0.246 e. The third-order valence-corrected chi connectivity index (χ3v) is 2.89. The molecule has 0 aliphatic carbocycles. The van der Waals surface area contributed by atoms with Gasteiger partial charge in [0.25, 0.3) is 0 Å². The van der Waals surface area contributed by atoms with Crippen molar-refractivity contribution in [3.63, 3.8) is 0 Å². The topological polar surface area (TPSA) is 80.0 Å². The third kappa shape index (κ3) is 3.42. The lowest BCUT2D eigenvalue weighted by Gasteiger charge is -2.11. The van der Waals surface area contributed by atoms with E-state index in [2.05, 4.69) is 15.6 Å². The lowest BCUT2D eigenvalue weighted by atomic mass is 10.1. The molecule has 2 N–H and O–H groups in total. The van der Waals surface area contributed by atoms with E-state index in [4.69, 9.17) is 0 Å². The lowest BCUT2D eigenvalue weighted by molar-refractivity contribution is -0.116. The summed E-state index contributed by atoms with van der Waals surface area (Å²) in [7, 11) is 0. The minimum absolute atomic E-state index is 0.0530. The molecule has 0 unspecified atom stereocenters. The number of rotatable bonds is 4. The Bertz CT molecular complexity index is 614. The van der Waals surface area contributed by atoms with Crippen molar-refractivity contribution in [3.8, 4) is 0 Å². The number of aryl methyl sites for hydroxylation is 1.